The Balaban J connectivity index is 1.40. The largest absolute Gasteiger partial charge is 0.493 e. The molecule has 0 saturated carbocycles. The van der Waals surface area contributed by atoms with Crippen LogP contribution in [0, 0.1) is 0 Å². The summed E-state index contributed by atoms with van der Waals surface area (Å²) in [6, 6.07) is 16.8. The fourth-order valence-corrected chi connectivity index (χ4v) is 5.50. The zero-order chi connectivity index (χ0) is 29.8. The van der Waals surface area contributed by atoms with Crippen LogP contribution in [0.4, 0.5) is 5.69 Å². The lowest BCUT2D eigenvalue weighted by Gasteiger charge is -2.37. The summed E-state index contributed by atoms with van der Waals surface area (Å²) >= 11 is 12.4. The minimum atomic E-state index is -0.327. The van der Waals surface area contributed by atoms with Gasteiger partial charge in [0.05, 0.1) is 49.2 Å². The number of amides is 2. The Morgan fingerprint density at radius 1 is 0.952 bits per heavy atom. The predicted molar refractivity (Wildman–Crippen MR) is 162 cm³/mol. The summed E-state index contributed by atoms with van der Waals surface area (Å²) in [4.78, 5) is 32.0. The molecule has 0 unspecified atom stereocenters. The maximum absolute atomic E-state index is 13.8. The molecule has 42 heavy (non-hydrogen) atoms. The van der Waals surface area contributed by atoms with Crippen LogP contribution in [0.25, 0.3) is 11.1 Å². The number of anilines is 1. The Kier molecular flexibility index (Phi) is 9.43. The van der Waals surface area contributed by atoms with Crippen LogP contribution >= 0.6 is 23.2 Å². The number of hydrogen-bond donors (Lipinski definition) is 0. The van der Waals surface area contributed by atoms with Crippen molar-refractivity contribution in [3.05, 3.63) is 70.2 Å². The molecule has 0 aromatic heterocycles. The first-order valence-electron chi connectivity index (χ1n) is 13.6. The fraction of sp³-hybridized carbons (Fsp3) is 0.355. The van der Waals surface area contributed by atoms with Crippen molar-refractivity contribution in [1.29, 1.82) is 0 Å². The number of hydrogen-bond acceptors (Lipinski definition) is 7. The molecule has 0 aliphatic carbocycles. The Morgan fingerprint density at radius 3 is 2.31 bits per heavy atom. The van der Waals surface area contributed by atoms with E-state index in [2.05, 4.69) is 4.90 Å². The van der Waals surface area contributed by atoms with E-state index in [0.717, 1.165) is 29.8 Å². The van der Waals surface area contributed by atoms with Gasteiger partial charge in [0, 0.05) is 32.7 Å². The number of rotatable bonds is 9. The average Bonchev–Trinajstić information content (AvgIpc) is 3.02. The number of morpholine rings is 1. The first-order chi connectivity index (χ1) is 20.3. The summed E-state index contributed by atoms with van der Waals surface area (Å²) in [5.41, 5.74) is 3.39. The molecule has 2 heterocycles. The van der Waals surface area contributed by atoms with Gasteiger partial charge in [-0.05, 0) is 34.9 Å². The van der Waals surface area contributed by atoms with Gasteiger partial charge in [0.1, 0.15) is 12.3 Å². The van der Waals surface area contributed by atoms with E-state index in [0.29, 0.717) is 47.7 Å². The summed E-state index contributed by atoms with van der Waals surface area (Å²) in [5.74, 6) is 1.18. The van der Waals surface area contributed by atoms with Crippen molar-refractivity contribution in [2.24, 2.45) is 0 Å². The second kappa shape index (κ2) is 13.2. The topological polar surface area (TPSA) is 80.8 Å². The highest BCUT2D eigenvalue weighted by atomic mass is 35.5. The Labute approximate surface area is 255 Å². The summed E-state index contributed by atoms with van der Waals surface area (Å²) < 4.78 is 21.9. The van der Waals surface area contributed by atoms with Crippen LogP contribution in [-0.2, 0) is 14.3 Å². The number of benzene rings is 3. The molecule has 9 nitrogen and oxygen atoms in total. The lowest BCUT2D eigenvalue weighted by molar-refractivity contribution is -0.133. The van der Waals surface area contributed by atoms with E-state index in [9.17, 15) is 9.59 Å². The van der Waals surface area contributed by atoms with Crippen molar-refractivity contribution in [1.82, 2.24) is 9.80 Å². The molecule has 0 N–H and O–H groups in total. The van der Waals surface area contributed by atoms with Crippen LogP contribution < -0.4 is 19.1 Å². The number of fused-ring (bicyclic) bond motifs is 1. The van der Waals surface area contributed by atoms with E-state index in [1.807, 2.05) is 42.5 Å². The van der Waals surface area contributed by atoms with Crippen molar-refractivity contribution in [3.8, 4) is 28.4 Å². The highest BCUT2D eigenvalue weighted by molar-refractivity contribution is 6.42. The minimum absolute atomic E-state index is 0.160. The smallest absolute Gasteiger partial charge is 0.265 e. The average molecular weight is 615 g/mol. The maximum atomic E-state index is 13.8. The first-order valence-corrected chi connectivity index (χ1v) is 14.3. The molecule has 2 aliphatic rings. The lowest BCUT2D eigenvalue weighted by atomic mass is 9.99. The van der Waals surface area contributed by atoms with Gasteiger partial charge >= 0.3 is 0 Å². The molecular formula is C31H33Cl2N3O6. The van der Waals surface area contributed by atoms with Crippen molar-refractivity contribution in [3.63, 3.8) is 0 Å². The molecule has 5 rings (SSSR count). The minimum Gasteiger partial charge on any atom is -0.493 e. The highest BCUT2D eigenvalue weighted by Gasteiger charge is 2.32. The van der Waals surface area contributed by atoms with Crippen LogP contribution in [0.1, 0.15) is 11.6 Å². The predicted octanol–water partition coefficient (Wildman–Crippen LogP) is 4.93. The third-order valence-corrected chi connectivity index (χ3v) is 8.37. The quantitative estimate of drug-likeness (QED) is 0.338. The molecule has 1 atom stereocenters. The maximum Gasteiger partial charge on any atom is 0.265 e. The van der Waals surface area contributed by atoms with E-state index in [1.54, 1.807) is 38.3 Å². The fourth-order valence-electron chi connectivity index (χ4n) is 5.18. The summed E-state index contributed by atoms with van der Waals surface area (Å²) in [6.07, 6.45) is 0. The molecule has 1 saturated heterocycles. The van der Waals surface area contributed by atoms with Crippen molar-refractivity contribution < 1.29 is 28.5 Å². The molecule has 0 spiro atoms. The molecule has 1 fully saturated rings. The summed E-state index contributed by atoms with van der Waals surface area (Å²) in [7, 11) is 4.99. The van der Waals surface area contributed by atoms with Gasteiger partial charge in [0.15, 0.2) is 18.1 Å². The van der Waals surface area contributed by atoms with Gasteiger partial charge in [-0.3, -0.25) is 19.4 Å². The highest BCUT2D eigenvalue weighted by Crippen LogP contribution is 2.39. The van der Waals surface area contributed by atoms with Gasteiger partial charge in [0.2, 0.25) is 5.91 Å². The standard InChI is InChI=1S/C31H33Cl2N3O6/c1-34(30(37)18-36-25-15-23(32)24(33)16-28(25)42-19-31(36)38)26(17-35-10-12-41-13-11-35)21-6-4-20(5-7-21)22-8-9-27(39-2)29(14-22)40-3/h4-9,14-16,26H,10-13,17-19H2,1-3H3/t26-/m0/s1. The van der Waals surface area contributed by atoms with E-state index >= 15 is 0 Å². The Bertz CT molecular complexity index is 1450. The van der Waals surface area contributed by atoms with Crippen LogP contribution in [0.5, 0.6) is 17.2 Å². The van der Waals surface area contributed by atoms with Crippen LogP contribution in [0.3, 0.4) is 0 Å². The molecule has 3 aromatic rings. The van der Waals surface area contributed by atoms with Gasteiger partial charge in [-0.2, -0.15) is 0 Å². The van der Waals surface area contributed by atoms with Crippen molar-refractivity contribution in [2.45, 2.75) is 6.04 Å². The van der Waals surface area contributed by atoms with Gasteiger partial charge in [-0.25, -0.2) is 0 Å². The summed E-state index contributed by atoms with van der Waals surface area (Å²) in [6.45, 7) is 3.11. The Hall–Kier alpha value is -3.50. The van der Waals surface area contributed by atoms with Gasteiger partial charge in [-0.15, -0.1) is 0 Å². The van der Waals surface area contributed by atoms with Gasteiger partial charge in [0.25, 0.3) is 5.91 Å². The van der Waals surface area contributed by atoms with E-state index in [1.165, 1.54) is 4.90 Å². The number of likely N-dealkylation sites (N-methyl/N-ethyl adjacent to an activating group) is 1. The third-order valence-electron chi connectivity index (χ3n) is 7.65. The molecule has 11 heteroatoms. The number of ether oxygens (including phenoxy) is 4. The first kappa shape index (κ1) is 30.0. The van der Waals surface area contributed by atoms with E-state index in [-0.39, 0.29) is 36.0 Å². The number of carbonyl (C=O) groups excluding carboxylic acids is 2. The number of halogens is 2. The second-order valence-electron chi connectivity index (χ2n) is 10.1. The molecular weight excluding hydrogens is 581 g/mol. The number of carbonyl (C=O) groups is 2. The van der Waals surface area contributed by atoms with Crippen molar-refractivity contribution >= 4 is 40.7 Å². The molecule has 0 radical (unpaired) electrons. The Morgan fingerprint density at radius 2 is 1.62 bits per heavy atom. The molecule has 222 valence electrons. The van der Waals surface area contributed by atoms with Crippen molar-refractivity contribution in [2.75, 3.05) is 72.2 Å². The third kappa shape index (κ3) is 6.44. The second-order valence-corrected chi connectivity index (χ2v) is 10.9. The SMILES string of the molecule is COc1ccc(-c2ccc([C@H](CN3CCOCC3)N(C)C(=O)CN3C(=O)COc4cc(Cl)c(Cl)cc43)cc2)cc1OC. The zero-order valence-corrected chi connectivity index (χ0v) is 25.3. The lowest BCUT2D eigenvalue weighted by Crippen LogP contribution is -2.48. The number of methoxy groups -OCH3 is 2. The summed E-state index contributed by atoms with van der Waals surface area (Å²) in [5, 5.41) is 0.592. The molecule has 2 amide bonds. The molecule has 0 bridgehead atoms. The number of nitrogens with zero attached hydrogens (tertiary/aromatic N) is 3. The van der Waals surface area contributed by atoms with Gasteiger partial charge < -0.3 is 23.8 Å². The molecule has 2 aliphatic heterocycles. The molecule has 3 aromatic carbocycles. The van der Waals surface area contributed by atoms with Crippen LogP contribution in [0.2, 0.25) is 10.0 Å². The monoisotopic (exact) mass is 613 g/mol. The van der Waals surface area contributed by atoms with Gasteiger partial charge in [-0.1, -0.05) is 53.5 Å². The van der Waals surface area contributed by atoms with E-state index in [4.69, 9.17) is 42.1 Å². The van der Waals surface area contributed by atoms with Crippen LogP contribution in [-0.4, -0.2) is 88.9 Å². The van der Waals surface area contributed by atoms with E-state index < -0.39 is 0 Å². The van der Waals surface area contributed by atoms with Crippen LogP contribution in [0.15, 0.2) is 54.6 Å². The normalized spacial score (nSPS) is 15.9. The zero-order valence-electron chi connectivity index (χ0n) is 23.8.